The number of alkyl halides is 2. The third-order valence-electron chi connectivity index (χ3n) is 6.11. The molecule has 2 aromatic rings. The van der Waals surface area contributed by atoms with Gasteiger partial charge in [-0.1, -0.05) is 11.3 Å². The number of carbonyl (C=O) groups excluding carboxylic acids is 1. The first kappa shape index (κ1) is 22.9. The van der Waals surface area contributed by atoms with Crippen LogP contribution in [0.1, 0.15) is 41.0 Å². The van der Waals surface area contributed by atoms with Crippen LogP contribution in [-0.2, 0) is 6.54 Å². The Morgan fingerprint density at radius 2 is 1.94 bits per heavy atom. The number of amides is 1. The molecule has 32 heavy (non-hydrogen) atoms. The molecule has 1 atom stereocenters. The number of aromatic nitrogens is 2. The molecule has 2 aliphatic heterocycles. The highest BCUT2D eigenvalue weighted by atomic mass is 32.1. The first-order valence-electron chi connectivity index (χ1n) is 10.7. The van der Waals surface area contributed by atoms with Gasteiger partial charge in [-0.2, -0.15) is 0 Å². The van der Waals surface area contributed by atoms with E-state index in [1.165, 1.54) is 17.5 Å². The van der Waals surface area contributed by atoms with Gasteiger partial charge in [-0.3, -0.25) is 14.7 Å². The second kappa shape index (κ2) is 10.1. The molecule has 6 nitrogen and oxygen atoms in total. The normalized spacial score (nSPS) is 20.7. The van der Waals surface area contributed by atoms with Crippen LogP contribution in [0.25, 0.3) is 0 Å². The van der Waals surface area contributed by atoms with Crippen LogP contribution in [0.5, 0.6) is 0 Å². The Morgan fingerprint density at radius 1 is 1.16 bits per heavy atom. The fourth-order valence-electron chi connectivity index (χ4n) is 4.34. The van der Waals surface area contributed by atoms with E-state index in [-0.39, 0.29) is 12.2 Å². The second-order valence-electron chi connectivity index (χ2n) is 8.22. The molecule has 174 valence electrons. The van der Waals surface area contributed by atoms with Crippen LogP contribution in [0.15, 0.2) is 18.5 Å². The molecule has 0 aliphatic carbocycles. The molecule has 0 radical (unpaired) electrons. The minimum atomic E-state index is -2.26. The fraction of sp³-hybridized carbons (Fsp3) is 0.571. The number of pyridine rings is 1. The standard InChI is InChI=1S/C21H25F4N5OS/c22-14-8-16(23)17(26-9-14)10-27-20(31)18-11-28-21(32-18)29-6-3-15(4-7-29)30-5-1-2-13(12-30)19(24)25/h8-9,11,13,15,19H,1-7,10,12H2,(H,27,31). The third kappa shape index (κ3) is 5.37. The monoisotopic (exact) mass is 471 g/mol. The van der Waals surface area contributed by atoms with Crippen LogP contribution in [-0.4, -0.2) is 59.4 Å². The number of nitrogens with zero attached hydrogens (tertiary/aromatic N) is 4. The highest BCUT2D eigenvalue weighted by molar-refractivity contribution is 7.17. The van der Waals surface area contributed by atoms with E-state index in [1.807, 2.05) is 0 Å². The van der Waals surface area contributed by atoms with Gasteiger partial charge in [-0.05, 0) is 32.2 Å². The van der Waals surface area contributed by atoms with Crippen LogP contribution in [0.3, 0.4) is 0 Å². The van der Waals surface area contributed by atoms with E-state index < -0.39 is 29.9 Å². The summed E-state index contributed by atoms with van der Waals surface area (Å²) in [6, 6.07) is 1.02. The summed E-state index contributed by atoms with van der Waals surface area (Å²) < 4.78 is 52.8. The molecule has 2 aliphatic rings. The quantitative estimate of drug-likeness (QED) is 0.652. The number of halogens is 4. The highest BCUT2D eigenvalue weighted by Gasteiger charge is 2.32. The number of rotatable bonds is 6. The predicted molar refractivity (Wildman–Crippen MR) is 113 cm³/mol. The van der Waals surface area contributed by atoms with Crippen LogP contribution in [0, 0.1) is 17.6 Å². The van der Waals surface area contributed by atoms with Crippen molar-refractivity contribution in [2.45, 2.75) is 44.7 Å². The molecule has 1 N–H and O–H groups in total. The molecule has 4 heterocycles. The minimum Gasteiger partial charge on any atom is -0.348 e. The molecule has 0 aromatic carbocycles. The van der Waals surface area contributed by atoms with Crippen molar-refractivity contribution in [1.29, 1.82) is 0 Å². The number of nitrogens with one attached hydrogen (secondary N) is 1. The smallest absolute Gasteiger partial charge is 0.263 e. The minimum absolute atomic E-state index is 0.0432. The number of hydrogen-bond donors (Lipinski definition) is 1. The summed E-state index contributed by atoms with van der Waals surface area (Å²) in [4.78, 5) is 25.1. The number of anilines is 1. The maximum Gasteiger partial charge on any atom is 0.263 e. The summed E-state index contributed by atoms with van der Waals surface area (Å²) in [5.41, 5.74) is -0.0432. The first-order chi connectivity index (χ1) is 15.4. The Bertz CT molecular complexity index is 935. The summed E-state index contributed by atoms with van der Waals surface area (Å²) in [7, 11) is 0. The third-order valence-corrected chi connectivity index (χ3v) is 7.17. The Labute approximate surface area is 187 Å². The predicted octanol–water partition coefficient (Wildman–Crippen LogP) is 3.69. The van der Waals surface area contributed by atoms with E-state index >= 15 is 0 Å². The lowest BCUT2D eigenvalue weighted by molar-refractivity contribution is 0.0103. The molecular weight excluding hydrogens is 446 g/mol. The lowest BCUT2D eigenvalue weighted by Gasteiger charge is -2.42. The van der Waals surface area contributed by atoms with E-state index in [0.29, 0.717) is 23.9 Å². The second-order valence-corrected chi connectivity index (χ2v) is 9.23. The van der Waals surface area contributed by atoms with E-state index in [2.05, 4.69) is 25.1 Å². The average molecular weight is 472 g/mol. The van der Waals surface area contributed by atoms with Gasteiger partial charge < -0.3 is 10.2 Å². The number of carbonyl (C=O) groups is 1. The number of piperidine rings is 2. The zero-order valence-corrected chi connectivity index (χ0v) is 18.3. The molecule has 2 aromatic heterocycles. The molecule has 2 saturated heterocycles. The largest absolute Gasteiger partial charge is 0.348 e. The van der Waals surface area contributed by atoms with Crippen LogP contribution < -0.4 is 10.2 Å². The fourth-order valence-corrected chi connectivity index (χ4v) is 5.22. The van der Waals surface area contributed by atoms with Gasteiger partial charge in [0.15, 0.2) is 5.13 Å². The van der Waals surface area contributed by atoms with Crippen LogP contribution in [0.4, 0.5) is 22.7 Å². The van der Waals surface area contributed by atoms with Crippen molar-refractivity contribution in [3.8, 4) is 0 Å². The molecule has 2 fully saturated rings. The summed E-state index contributed by atoms with van der Waals surface area (Å²) >= 11 is 1.25. The van der Waals surface area contributed by atoms with Gasteiger partial charge in [-0.15, -0.1) is 0 Å². The van der Waals surface area contributed by atoms with Gasteiger partial charge in [-0.25, -0.2) is 22.5 Å². The Morgan fingerprint density at radius 3 is 2.66 bits per heavy atom. The highest BCUT2D eigenvalue weighted by Crippen LogP contribution is 2.30. The Hall–Kier alpha value is -2.27. The lowest BCUT2D eigenvalue weighted by Crippen LogP contribution is -2.49. The molecule has 4 rings (SSSR count). The van der Waals surface area contributed by atoms with Gasteiger partial charge in [0, 0.05) is 37.7 Å². The molecule has 0 saturated carbocycles. The van der Waals surface area contributed by atoms with E-state index in [0.717, 1.165) is 56.3 Å². The zero-order valence-electron chi connectivity index (χ0n) is 17.4. The van der Waals surface area contributed by atoms with Crippen molar-refractivity contribution in [3.63, 3.8) is 0 Å². The maximum absolute atomic E-state index is 13.7. The van der Waals surface area contributed by atoms with Gasteiger partial charge in [0.1, 0.15) is 16.5 Å². The van der Waals surface area contributed by atoms with Crippen molar-refractivity contribution in [2.75, 3.05) is 31.1 Å². The summed E-state index contributed by atoms with van der Waals surface area (Å²) in [6.45, 7) is 2.69. The van der Waals surface area contributed by atoms with E-state index in [4.69, 9.17) is 0 Å². The lowest BCUT2D eigenvalue weighted by atomic mass is 9.94. The topological polar surface area (TPSA) is 61.4 Å². The maximum atomic E-state index is 13.7. The first-order valence-corrected chi connectivity index (χ1v) is 11.5. The van der Waals surface area contributed by atoms with Crippen molar-refractivity contribution >= 4 is 22.4 Å². The SMILES string of the molecule is O=C(NCc1ncc(F)cc1F)c1cnc(N2CCC(N3CCCC(C(F)F)C3)CC2)s1. The van der Waals surface area contributed by atoms with Crippen molar-refractivity contribution in [3.05, 3.63) is 40.7 Å². The molecule has 1 unspecified atom stereocenters. The van der Waals surface area contributed by atoms with Gasteiger partial charge in [0.2, 0.25) is 6.43 Å². The summed E-state index contributed by atoms with van der Waals surface area (Å²) in [5, 5.41) is 3.30. The molecular formula is C21H25F4N5OS. The number of thiazole rings is 1. The van der Waals surface area contributed by atoms with Gasteiger partial charge >= 0.3 is 0 Å². The Balaban J connectivity index is 1.28. The van der Waals surface area contributed by atoms with Crippen molar-refractivity contribution in [2.24, 2.45) is 5.92 Å². The molecule has 1 amide bonds. The molecule has 0 spiro atoms. The molecule has 11 heteroatoms. The van der Waals surface area contributed by atoms with E-state index in [1.54, 1.807) is 0 Å². The summed E-state index contributed by atoms with van der Waals surface area (Å²) in [5.74, 6) is -2.52. The summed E-state index contributed by atoms with van der Waals surface area (Å²) in [6.07, 6.45) is 3.27. The van der Waals surface area contributed by atoms with Crippen LogP contribution >= 0.6 is 11.3 Å². The Kier molecular flexibility index (Phi) is 7.24. The average Bonchev–Trinajstić information content (AvgIpc) is 3.29. The van der Waals surface area contributed by atoms with Crippen LogP contribution in [0.2, 0.25) is 0 Å². The zero-order chi connectivity index (χ0) is 22.7. The number of hydrogen-bond acceptors (Lipinski definition) is 6. The van der Waals surface area contributed by atoms with Crippen molar-refractivity contribution in [1.82, 2.24) is 20.2 Å². The van der Waals surface area contributed by atoms with Gasteiger partial charge in [0.25, 0.3) is 5.91 Å². The van der Waals surface area contributed by atoms with E-state index in [9.17, 15) is 22.4 Å². The van der Waals surface area contributed by atoms with Crippen molar-refractivity contribution < 1.29 is 22.4 Å². The van der Waals surface area contributed by atoms with Gasteiger partial charge in [0.05, 0.1) is 24.6 Å². The number of likely N-dealkylation sites (tertiary alicyclic amines) is 1. The molecule has 0 bridgehead atoms.